The first-order valence-corrected chi connectivity index (χ1v) is 8.19. The molecule has 0 bridgehead atoms. The molecule has 0 spiro atoms. The van der Waals surface area contributed by atoms with E-state index in [1.165, 1.54) is 5.56 Å². The average Bonchev–Trinajstić information content (AvgIpc) is 2.99. The van der Waals surface area contributed by atoms with Crippen LogP contribution in [0.5, 0.6) is 0 Å². The Morgan fingerprint density at radius 2 is 2.08 bits per heavy atom. The number of nitriles is 1. The van der Waals surface area contributed by atoms with E-state index < -0.39 is 0 Å². The smallest absolute Gasteiger partial charge is 0.274 e. The zero-order valence-electron chi connectivity index (χ0n) is 13.6. The number of rotatable bonds is 3. The third-order valence-corrected chi connectivity index (χ3v) is 4.52. The number of nitrogens with zero attached hydrogens (tertiary/aromatic N) is 4. The molecule has 2 aromatic heterocycles. The number of pyridine rings is 1. The van der Waals surface area contributed by atoms with Crippen molar-refractivity contribution in [3.63, 3.8) is 0 Å². The SMILES string of the molecule is N#Cc1ccc(-n2[nH]c3c(c2=O)CCN(Cc2cccnc2)C3)cc1. The molecule has 3 aromatic rings. The zero-order chi connectivity index (χ0) is 17.2. The Morgan fingerprint density at radius 3 is 2.80 bits per heavy atom. The fourth-order valence-corrected chi connectivity index (χ4v) is 3.23. The molecule has 1 aliphatic heterocycles. The monoisotopic (exact) mass is 331 g/mol. The maximum Gasteiger partial charge on any atom is 0.274 e. The van der Waals surface area contributed by atoms with Crippen LogP contribution < -0.4 is 5.56 Å². The summed E-state index contributed by atoms with van der Waals surface area (Å²) in [6.07, 6.45) is 4.38. The van der Waals surface area contributed by atoms with Gasteiger partial charge in [-0.1, -0.05) is 6.07 Å². The number of benzene rings is 1. The lowest BCUT2D eigenvalue weighted by Crippen LogP contribution is -2.31. The van der Waals surface area contributed by atoms with Crippen LogP contribution in [0.3, 0.4) is 0 Å². The first-order valence-electron chi connectivity index (χ1n) is 8.19. The number of H-pyrrole nitrogens is 1. The summed E-state index contributed by atoms with van der Waals surface area (Å²) in [5, 5.41) is 12.1. The first-order chi connectivity index (χ1) is 12.2. The van der Waals surface area contributed by atoms with Crippen LogP contribution in [0.4, 0.5) is 0 Å². The number of hydrogen-bond donors (Lipinski definition) is 1. The highest BCUT2D eigenvalue weighted by molar-refractivity contribution is 5.40. The predicted octanol–water partition coefficient (Wildman–Crippen LogP) is 1.99. The lowest BCUT2D eigenvalue weighted by Gasteiger charge is -2.25. The van der Waals surface area contributed by atoms with Crippen molar-refractivity contribution >= 4 is 0 Å². The molecule has 0 unspecified atom stereocenters. The summed E-state index contributed by atoms with van der Waals surface area (Å²) >= 11 is 0. The summed E-state index contributed by atoms with van der Waals surface area (Å²) in [6, 6.07) is 13.1. The Labute approximate surface area is 145 Å². The minimum atomic E-state index is 0.000681. The van der Waals surface area contributed by atoms with Gasteiger partial charge in [0.15, 0.2) is 0 Å². The standard InChI is InChI=1S/C19H17N5O/c20-10-14-3-5-16(6-4-14)24-19(25)17-7-9-23(13-18(17)22-24)12-15-2-1-8-21-11-15/h1-6,8,11,22H,7,9,12-13H2. The Hall–Kier alpha value is -3.17. The molecule has 0 aliphatic carbocycles. The molecule has 0 saturated carbocycles. The third kappa shape index (κ3) is 2.97. The van der Waals surface area contributed by atoms with Crippen molar-refractivity contribution in [2.24, 2.45) is 0 Å². The third-order valence-electron chi connectivity index (χ3n) is 4.52. The van der Waals surface area contributed by atoms with Gasteiger partial charge in [-0.3, -0.25) is 19.8 Å². The van der Waals surface area contributed by atoms with E-state index in [1.807, 2.05) is 12.3 Å². The van der Waals surface area contributed by atoms with Gasteiger partial charge >= 0.3 is 0 Å². The number of aromatic nitrogens is 3. The lowest BCUT2D eigenvalue weighted by atomic mass is 10.1. The molecule has 0 atom stereocenters. The van der Waals surface area contributed by atoms with Crippen LogP contribution in [0.15, 0.2) is 53.6 Å². The largest absolute Gasteiger partial charge is 0.293 e. The van der Waals surface area contributed by atoms with Crippen molar-refractivity contribution in [2.45, 2.75) is 19.5 Å². The molecular formula is C19H17N5O. The highest BCUT2D eigenvalue weighted by Gasteiger charge is 2.23. The van der Waals surface area contributed by atoms with Crippen molar-refractivity contribution in [3.05, 3.63) is 81.5 Å². The second-order valence-corrected chi connectivity index (χ2v) is 6.19. The van der Waals surface area contributed by atoms with Gasteiger partial charge in [-0.15, -0.1) is 0 Å². The Kier molecular flexibility index (Phi) is 3.92. The average molecular weight is 331 g/mol. The van der Waals surface area contributed by atoms with E-state index >= 15 is 0 Å². The second-order valence-electron chi connectivity index (χ2n) is 6.19. The molecule has 0 radical (unpaired) electrons. The molecule has 1 aromatic carbocycles. The summed E-state index contributed by atoms with van der Waals surface area (Å²) in [4.78, 5) is 19.1. The van der Waals surface area contributed by atoms with E-state index in [0.29, 0.717) is 12.1 Å². The highest BCUT2D eigenvalue weighted by Crippen LogP contribution is 2.18. The predicted molar refractivity (Wildman–Crippen MR) is 93.2 cm³/mol. The van der Waals surface area contributed by atoms with Gasteiger partial charge in [0.1, 0.15) is 0 Å². The van der Waals surface area contributed by atoms with E-state index in [9.17, 15) is 4.79 Å². The maximum atomic E-state index is 12.7. The van der Waals surface area contributed by atoms with Crippen LogP contribution >= 0.6 is 0 Å². The Morgan fingerprint density at radius 1 is 1.24 bits per heavy atom. The first kappa shape index (κ1) is 15.4. The van der Waals surface area contributed by atoms with Crippen LogP contribution in [0, 0.1) is 11.3 Å². The Bertz CT molecular complexity index is 979. The molecule has 6 nitrogen and oxygen atoms in total. The van der Waals surface area contributed by atoms with Crippen LogP contribution in [0.1, 0.15) is 22.4 Å². The van der Waals surface area contributed by atoms with Crippen LogP contribution in [-0.2, 0) is 19.5 Å². The van der Waals surface area contributed by atoms with E-state index in [4.69, 9.17) is 5.26 Å². The molecule has 25 heavy (non-hydrogen) atoms. The second kappa shape index (κ2) is 6.38. The number of fused-ring (bicyclic) bond motifs is 1. The summed E-state index contributed by atoms with van der Waals surface area (Å²) in [5.41, 5.74) is 4.31. The van der Waals surface area contributed by atoms with Gasteiger partial charge < -0.3 is 0 Å². The van der Waals surface area contributed by atoms with Crippen molar-refractivity contribution in [2.75, 3.05) is 6.54 Å². The molecule has 1 aliphatic rings. The number of nitrogens with one attached hydrogen (secondary N) is 1. The molecular weight excluding hydrogens is 314 g/mol. The molecule has 0 amide bonds. The van der Waals surface area contributed by atoms with E-state index in [1.54, 1.807) is 35.1 Å². The molecule has 0 saturated heterocycles. The summed E-state index contributed by atoms with van der Waals surface area (Å²) in [6.45, 7) is 2.38. The molecule has 1 N–H and O–H groups in total. The minimum Gasteiger partial charge on any atom is -0.293 e. The van der Waals surface area contributed by atoms with Gasteiger partial charge in [-0.05, 0) is 42.3 Å². The minimum absolute atomic E-state index is 0.000681. The van der Waals surface area contributed by atoms with E-state index in [2.05, 4.69) is 27.1 Å². The molecule has 0 fully saturated rings. The molecule has 3 heterocycles. The van der Waals surface area contributed by atoms with Gasteiger partial charge in [0.05, 0.1) is 23.0 Å². The van der Waals surface area contributed by atoms with Crippen molar-refractivity contribution in [1.82, 2.24) is 19.7 Å². The molecule has 4 rings (SSSR count). The number of hydrogen-bond acceptors (Lipinski definition) is 4. The fourth-order valence-electron chi connectivity index (χ4n) is 3.23. The van der Waals surface area contributed by atoms with Crippen molar-refractivity contribution in [3.8, 4) is 11.8 Å². The van der Waals surface area contributed by atoms with Gasteiger partial charge in [0.2, 0.25) is 0 Å². The van der Waals surface area contributed by atoms with Gasteiger partial charge in [0.25, 0.3) is 5.56 Å². The lowest BCUT2D eigenvalue weighted by molar-refractivity contribution is 0.242. The van der Waals surface area contributed by atoms with Gasteiger partial charge in [0, 0.05) is 37.6 Å². The zero-order valence-corrected chi connectivity index (χ0v) is 13.6. The van der Waals surface area contributed by atoms with E-state index in [0.717, 1.165) is 36.5 Å². The quantitative estimate of drug-likeness (QED) is 0.796. The molecule has 6 heteroatoms. The summed E-state index contributed by atoms with van der Waals surface area (Å²) < 4.78 is 1.57. The normalized spacial score (nSPS) is 14.0. The van der Waals surface area contributed by atoms with Crippen LogP contribution in [0.2, 0.25) is 0 Å². The van der Waals surface area contributed by atoms with Crippen molar-refractivity contribution < 1.29 is 0 Å². The molecule has 124 valence electrons. The van der Waals surface area contributed by atoms with Crippen LogP contribution in [-0.4, -0.2) is 26.2 Å². The number of aromatic amines is 1. The Balaban J connectivity index is 1.59. The van der Waals surface area contributed by atoms with Crippen molar-refractivity contribution in [1.29, 1.82) is 5.26 Å². The van der Waals surface area contributed by atoms with Gasteiger partial charge in [-0.25, -0.2) is 4.68 Å². The maximum absolute atomic E-state index is 12.7. The highest BCUT2D eigenvalue weighted by atomic mass is 16.1. The van der Waals surface area contributed by atoms with E-state index in [-0.39, 0.29) is 5.56 Å². The van der Waals surface area contributed by atoms with Crippen LogP contribution in [0.25, 0.3) is 5.69 Å². The van der Waals surface area contributed by atoms with Gasteiger partial charge in [-0.2, -0.15) is 5.26 Å². The topological polar surface area (TPSA) is 77.7 Å². The fraction of sp³-hybridized carbons (Fsp3) is 0.211. The summed E-state index contributed by atoms with van der Waals surface area (Å²) in [7, 11) is 0. The summed E-state index contributed by atoms with van der Waals surface area (Å²) in [5.74, 6) is 0.